The quantitative estimate of drug-likeness (QED) is 0.382. The smallest absolute Gasteiger partial charge is 0.276 e. The predicted molar refractivity (Wildman–Crippen MR) is 153 cm³/mol. The summed E-state index contributed by atoms with van der Waals surface area (Å²) in [4.78, 5) is 24.9. The lowest BCUT2D eigenvalue weighted by Crippen LogP contribution is -2.43. The minimum atomic E-state index is -0.232. The van der Waals surface area contributed by atoms with Crippen LogP contribution in [0, 0.1) is 0 Å². The third-order valence-corrected chi connectivity index (χ3v) is 7.63. The maximum atomic E-state index is 13.2. The molecule has 0 aliphatic carbocycles. The number of nitrogens with zero attached hydrogens (tertiary/aromatic N) is 5. The molecule has 1 amide bonds. The summed E-state index contributed by atoms with van der Waals surface area (Å²) in [5.74, 6) is -0.232. The molecule has 2 N–H and O–H groups in total. The third-order valence-electron chi connectivity index (χ3n) is 7.63. The molecule has 4 heterocycles. The average molecular weight is 526 g/mol. The van der Waals surface area contributed by atoms with Crippen LogP contribution in [-0.2, 0) is 17.8 Å². The number of likely N-dealkylation sites (N-methyl/N-ethyl adjacent to an activating group) is 1. The fourth-order valence-electron chi connectivity index (χ4n) is 5.26. The monoisotopic (exact) mass is 525 g/mol. The highest BCUT2D eigenvalue weighted by Crippen LogP contribution is 2.26. The number of H-pyrrole nitrogens is 1. The van der Waals surface area contributed by atoms with Gasteiger partial charge < -0.3 is 15.0 Å². The van der Waals surface area contributed by atoms with Gasteiger partial charge in [-0.2, -0.15) is 5.10 Å². The van der Waals surface area contributed by atoms with Crippen molar-refractivity contribution in [1.29, 1.82) is 0 Å². The Labute approximate surface area is 228 Å². The fourth-order valence-corrected chi connectivity index (χ4v) is 5.26. The molecule has 4 aromatic rings. The lowest BCUT2D eigenvalue weighted by molar-refractivity contribution is 0.0341. The number of ether oxygens (including phenoxy) is 1. The first kappa shape index (κ1) is 25.6. The number of amides is 1. The predicted octanol–water partition coefficient (Wildman–Crippen LogP) is 3.46. The van der Waals surface area contributed by atoms with E-state index in [2.05, 4.69) is 60.4 Å². The number of rotatable bonds is 7. The van der Waals surface area contributed by atoms with Crippen molar-refractivity contribution in [1.82, 2.24) is 29.9 Å². The second-order valence-corrected chi connectivity index (χ2v) is 10.5. The Morgan fingerprint density at radius 3 is 2.41 bits per heavy atom. The van der Waals surface area contributed by atoms with E-state index in [1.165, 1.54) is 5.56 Å². The number of hydrogen-bond donors (Lipinski definition) is 2. The van der Waals surface area contributed by atoms with Crippen molar-refractivity contribution < 1.29 is 9.53 Å². The Morgan fingerprint density at radius 1 is 0.872 bits per heavy atom. The summed E-state index contributed by atoms with van der Waals surface area (Å²) in [6.07, 6.45) is 3.79. The number of morpholine rings is 1. The van der Waals surface area contributed by atoms with Crippen LogP contribution < -0.4 is 5.32 Å². The minimum absolute atomic E-state index is 0.232. The Hall–Kier alpha value is -3.63. The summed E-state index contributed by atoms with van der Waals surface area (Å²) in [5, 5.41) is 11.1. The van der Waals surface area contributed by atoms with E-state index in [0.717, 1.165) is 98.9 Å². The van der Waals surface area contributed by atoms with Gasteiger partial charge in [-0.05, 0) is 54.1 Å². The first-order valence-electron chi connectivity index (χ1n) is 13.6. The van der Waals surface area contributed by atoms with Crippen LogP contribution in [0.3, 0.4) is 0 Å². The maximum absolute atomic E-state index is 13.2. The van der Waals surface area contributed by atoms with E-state index in [-0.39, 0.29) is 5.91 Å². The number of carbonyl (C=O) groups excluding carboxylic acids is 1. The van der Waals surface area contributed by atoms with E-state index in [9.17, 15) is 4.79 Å². The van der Waals surface area contributed by atoms with E-state index < -0.39 is 0 Å². The molecule has 202 valence electrons. The number of aromatic nitrogens is 3. The standard InChI is InChI=1S/C30H35N7O2/c1-35-8-10-36(11-9-35)20-22-2-5-26(6-3-22)32-30(38)29-27-17-24(4-7-28(27)33-34-29)25-16-23(18-31-19-25)21-37-12-14-39-15-13-37/h2-7,16-19H,8-15,20-21H2,1H3,(H,32,38)(H,33,34). The molecule has 6 rings (SSSR count). The van der Waals surface area contributed by atoms with Crippen LogP contribution in [0.5, 0.6) is 0 Å². The van der Waals surface area contributed by atoms with Gasteiger partial charge in [0, 0.05) is 81.4 Å². The van der Waals surface area contributed by atoms with E-state index in [4.69, 9.17) is 4.74 Å². The Bertz CT molecular complexity index is 1420. The molecule has 0 radical (unpaired) electrons. The third kappa shape index (κ3) is 6.17. The van der Waals surface area contributed by atoms with Crippen molar-refractivity contribution in [2.24, 2.45) is 0 Å². The van der Waals surface area contributed by atoms with Gasteiger partial charge in [-0.25, -0.2) is 0 Å². The number of piperazine rings is 1. The highest BCUT2D eigenvalue weighted by molar-refractivity contribution is 6.11. The first-order chi connectivity index (χ1) is 19.1. The zero-order chi connectivity index (χ0) is 26.6. The van der Waals surface area contributed by atoms with Gasteiger partial charge in [0.15, 0.2) is 5.69 Å². The molecule has 0 unspecified atom stereocenters. The number of pyridine rings is 1. The second kappa shape index (κ2) is 11.6. The summed E-state index contributed by atoms with van der Waals surface area (Å²) in [7, 11) is 2.17. The van der Waals surface area contributed by atoms with Gasteiger partial charge in [-0.1, -0.05) is 18.2 Å². The van der Waals surface area contributed by atoms with Gasteiger partial charge >= 0.3 is 0 Å². The van der Waals surface area contributed by atoms with Crippen LogP contribution in [0.2, 0.25) is 0 Å². The summed E-state index contributed by atoms with van der Waals surface area (Å²) in [6, 6.07) is 16.3. The van der Waals surface area contributed by atoms with E-state index in [1.54, 1.807) is 0 Å². The largest absolute Gasteiger partial charge is 0.379 e. The SMILES string of the molecule is CN1CCN(Cc2ccc(NC(=O)c3n[nH]c4ccc(-c5cncc(CN6CCOCC6)c5)cc34)cc2)CC1. The summed E-state index contributed by atoms with van der Waals surface area (Å²) >= 11 is 0. The highest BCUT2D eigenvalue weighted by atomic mass is 16.5. The van der Waals surface area contributed by atoms with E-state index in [1.807, 2.05) is 42.7 Å². The molecule has 2 aliphatic heterocycles. The Balaban J connectivity index is 1.14. The van der Waals surface area contributed by atoms with Crippen molar-refractivity contribution in [3.05, 3.63) is 77.7 Å². The van der Waals surface area contributed by atoms with Crippen LogP contribution >= 0.6 is 0 Å². The molecule has 0 saturated carbocycles. The van der Waals surface area contributed by atoms with Crippen molar-refractivity contribution >= 4 is 22.5 Å². The second-order valence-electron chi connectivity index (χ2n) is 10.5. The van der Waals surface area contributed by atoms with E-state index >= 15 is 0 Å². The summed E-state index contributed by atoms with van der Waals surface area (Å²) in [6.45, 7) is 9.55. The molecule has 0 atom stereocenters. The van der Waals surface area contributed by atoms with Crippen molar-refractivity contribution in [3.63, 3.8) is 0 Å². The Kier molecular flexibility index (Phi) is 7.64. The average Bonchev–Trinajstić information content (AvgIpc) is 3.40. The molecule has 0 bridgehead atoms. The number of hydrogen-bond acceptors (Lipinski definition) is 7. The van der Waals surface area contributed by atoms with Crippen LogP contribution in [0.25, 0.3) is 22.0 Å². The lowest BCUT2D eigenvalue weighted by atomic mass is 10.0. The number of fused-ring (bicyclic) bond motifs is 1. The van der Waals surface area contributed by atoms with Crippen LogP contribution in [-0.4, -0.2) is 95.3 Å². The van der Waals surface area contributed by atoms with Gasteiger partial charge in [0.05, 0.1) is 18.7 Å². The molecule has 2 fully saturated rings. The summed E-state index contributed by atoms with van der Waals surface area (Å²) in [5.41, 5.74) is 6.39. The van der Waals surface area contributed by atoms with E-state index in [0.29, 0.717) is 5.69 Å². The zero-order valence-corrected chi connectivity index (χ0v) is 22.4. The zero-order valence-electron chi connectivity index (χ0n) is 22.4. The van der Waals surface area contributed by atoms with Gasteiger partial charge in [0.2, 0.25) is 0 Å². The van der Waals surface area contributed by atoms with Gasteiger partial charge in [0.1, 0.15) is 0 Å². The highest BCUT2D eigenvalue weighted by Gasteiger charge is 2.17. The number of carbonyl (C=O) groups is 1. The molecule has 39 heavy (non-hydrogen) atoms. The van der Waals surface area contributed by atoms with Crippen molar-refractivity contribution in [3.8, 4) is 11.1 Å². The summed E-state index contributed by atoms with van der Waals surface area (Å²) < 4.78 is 5.47. The van der Waals surface area contributed by atoms with Gasteiger partial charge in [-0.3, -0.25) is 24.7 Å². The van der Waals surface area contributed by atoms with Crippen molar-refractivity contribution in [2.75, 3.05) is 64.8 Å². The van der Waals surface area contributed by atoms with Gasteiger partial charge in [-0.15, -0.1) is 0 Å². The first-order valence-corrected chi connectivity index (χ1v) is 13.6. The molecular formula is C30H35N7O2. The molecular weight excluding hydrogens is 490 g/mol. The number of nitrogens with one attached hydrogen (secondary N) is 2. The minimum Gasteiger partial charge on any atom is -0.379 e. The van der Waals surface area contributed by atoms with Crippen LogP contribution in [0.1, 0.15) is 21.6 Å². The maximum Gasteiger partial charge on any atom is 0.276 e. The molecule has 2 aromatic heterocycles. The topological polar surface area (TPSA) is 89.6 Å². The van der Waals surface area contributed by atoms with Crippen LogP contribution in [0.15, 0.2) is 60.9 Å². The molecule has 2 aromatic carbocycles. The molecule has 9 nitrogen and oxygen atoms in total. The van der Waals surface area contributed by atoms with Crippen molar-refractivity contribution in [2.45, 2.75) is 13.1 Å². The Morgan fingerprint density at radius 2 is 1.62 bits per heavy atom. The molecule has 0 spiro atoms. The number of anilines is 1. The number of benzene rings is 2. The molecule has 2 aliphatic rings. The van der Waals surface area contributed by atoms with Crippen LogP contribution in [0.4, 0.5) is 5.69 Å². The fraction of sp³-hybridized carbons (Fsp3) is 0.367. The lowest BCUT2D eigenvalue weighted by Gasteiger charge is -2.32. The van der Waals surface area contributed by atoms with Gasteiger partial charge in [0.25, 0.3) is 5.91 Å². The molecule has 9 heteroatoms. The normalized spacial score (nSPS) is 17.5. The number of aromatic amines is 1. The molecule has 2 saturated heterocycles.